The van der Waals surface area contributed by atoms with E-state index in [1.165, 1.54) is 16.7 Å². The zero-order valence-corrected chi connectivity index (χ0v) is 11.3. The van der Waals surface area contributed by atoms with E-state index in [0.717, 1.165) is 19.3 Å². The van der Waals surface area contributed by atoms with Gasteiger partial charge in [0.2, 0.25) is 5.91 Å². The Labute approximate surface area is 109 Å². The number of nitrogens with two attached hydrogens (primary N) is 1. The van der Waals surface area contributed by atoms with Gasteiger partial charge in [-0.15, -0.1) is 0 Å². The third-order valence-electron chi connectivity index (χ3n) is 3.90. The van der Waals surface area contributed by atoms with Gasteiger partial charge in [0.25, 0.3) is 0 Å². The second kappa shape index (κ2) is 5.11. The van der Waals surface area contributed by atoms with Gasteiger partial charge in [-0.25, -0.2) is 0 Å². The average Bonchev–Trinajstić information content (AvgIpc) is 3.12. The Morgan fingerprint density at radius 1 is 1.39 bits per heavy atom. The predicted molar refractivity (Wildman–Crippen MR) is 73.4 cm³/mol. The van der Waals surface area contributed by atoms with E-state index in [2.05, 4.69) is 37.4 Å². The maximum atomic E-state index is 11.9. The van der Waals surface area contributed by atoms with Crippen LogP contribution in [0.2, 0.25) is 0 Å². The van der Waals surface area contributed by atoms with Crippen molar-refractivity contribution in [2.75, 3.05) is 13.1 Å². The molecule has 1 aliphatic rings. The normalized spacial score (nSPS) is 16.4. The van der Waals surface area contributed by atoms with Gasteiger partial charge in [0.05, 0.1) is 5.41 Å². The molecule has 1 aliphatic carbocycles. The molecule has 0 saturated heterocycles. The topological polar surface area (TPSA) is 55.1 Å². The Kier molecular flexibility index (Phi) is 3.71. The van der Waals surface area contributed by atoms with E-state index in [1.807, 2.05) is 0 Å². The number of rotatable bonds is 5. The minimum atomic E-state index is -0.234. The smallest absolute Gasteiger partial charge is 0.227 e. The summed E-state index contributed by atoms with van der Waals surface area (Å²) in [6.45, 7) is 5.38. The summed E-state index contributed by atoms with van der Waals surface area (Å²) in [4.78, 5) is 11.9. The van der Waals surface area contributed by atoms with Crippen LogP contribution in [0.15, 0.2) is 18.2 Å². The molecule has 98 valence electrons. The maximum absolute atomic E-state index is 11.9. The number of amides is 1. The van der Waals surface area contributed by atoms with E-state index in [0.29, 0.717) is 13.1 Å². The summed E-state index contributed by atoms with van der Waals surface area (Å²) in [5.74, 6) is 0.134. The number of hydrogen-bond acceptors (Lipinski definition) is 2. The zero-order valence-electron chi connectivity index (χ0n) is 11.3. The van der Waals surface area contributed by atoms with Crippen LogP contribution in [-0.2, 0) is 11.2 Å². The third kappa shape index (κ3) is 2.72. The van der Waals surface area contributed by atoms with E-state index in [1.54, 1.807) is 0 Å². The van der Waals surface area contributed by atoms with Crippen LogP contribution >= 0.6 is 0 Å². The van der Waals surface area contributed by atoms with Gasteiger partial charge in [-0.1, -0.05) is 23.8 Å². The van der Waals surface area contributed by atoms with Crippen molar-refractivity contribution in [2.45, 2.75) is 33.1 Å². The number of nitrogens with one attached hydrogen (secondary N) is 1. The van der Waals surface area contributed by atoms with Crippen LogP contribution in [0.4, 0.5) is 0 Å². The van der Waals surface area contributed by atoms with E-state index < -0.39 is 0 Å². The molecular weight excluding hydrogens is 224 g/mol. The Hall–Kier alpha value is -1.35. The first kappa shape index (κ1) is 13.1. The molecule has 18 heavy (non-hydrogen) atoms. The van der Waals surface area contributed by atoms with Gasteiger partial charge >= 0.3 is 0 Å². The summed E-state index contributed by atoms with van der Waals surface area (Å²) in [7, 11) is 0. The predicted octanol–water partition coefficient (Wildman–Crippen LogP) is 1.70. The van der Waals surface area contributed by atoms with E-state index in [-0.39, 0.29) is 11.3 Å². The van der Waals surface area contributed by atoms with Crippen LogP contribution in [0.1, 0.15) is 29.5 Å². The highest BCUT2D eigenvalue weighted by molar-refractivity contribution is 5.85. The van der Waals surface area contributed by atoms with E-state index in [4.69, 9.17) is 5.73 Å². The van der Waals surface area contributed by atoms with Crippen molar-refractivity contribution in [3.63, 3.8) is 0 Å². The van der Waals surface area contributed by atoms with Crippen molar-refractivity contribution in [2.24, 2.45) is 11.1 Å². The molecule has 0 aliphatic heterocycles. The average molecular weight is 246 g/mol. The Balaban J connectivity index is 1.83. The molecule has 0 unspecified atom stereocenters. The number of aryl methyl sites for hydroxylation is 2. The minimum absolute atomic E-state index is 0.134. The molecule has 0 bridgehead atoms. The molecule has 2 rings (SSSR count). The van der Waals surface area contributed by atoms with Crippen LogP contribution in [-0.4, -0.2) is 19.0 Å². The molecule has 0 atom stereocenters. The van der Waals surface area contributed by atoms with Crippen molar-refractivity contribution in [3.05, 3.63) is 34.9 Å². The van der Waals surface area contributed by atoms with E-state index >= 15 is 0 Å². The first-order chi connectivity index (χ1) is 8.57. The summed E-state index contributed by atoms with van der Waals surface area (Å²) >= 11 is 0. The Morgan fingerprint density at radius 2 is 2.11 bits per heavy atom. The van der Waals surface area contributed by atoms with Gasteiger partial charge in [-0.2, -0.15) is 0 Å². The maximum Gasteiger partial charge on any atom is 0.227 e. The molecule has 0 aromatic heterocycles. The summed E-state index contributed by atoms with van der Waals surface area (Å²) in [6, 6.07) is 6.44. The lowest BCUT2D eigenvalue weighted by Crippen LogP contribution is -2.37. The zero-order chi connectivity index (χ0) is 13.2. The molecule has 1 amide bonds. The van der Waals surface area contributed by atoms with Crippen molar-refractivity contribution in [1.82, 2.24) is 5.32 Å². The van der Waals surface area contributed by atoms with Gasteiger partial charge < -0.3 is 11.1 Å². The molecule has 0 heterocycles. The highest BCUT2D eigenvalue weighted by Crippen LogP contribution is 2.44. The van der Waals surface area contributed by atoms with Crippen LogP contribution in [0.3, 0.4) is 0 Å². The number of carbonyl (C=O) groups is 1. The van der Waals surface area contributed by atoms with Crippen LogP contribution in [0.5, 0.6) is 0 Å². The molecule has 1 saturated carbocycles. The summed E-state index contributed by atoms with van der Waals surface area (Å²) in [5, 5.41) is 3.01. The van der Waals surface area contributed by atoms with E-state index in [9.17, 15) is 4.79 Å². The first-order valence-electron chi connectivity index (χ1n) is 6.62. The monoisotopic (exact) mass is 246 g/mol. The van der Waals surface area contributed by atoms with Gasteiger partial charge in [0, 0.05) is 13.1 Å². The molecule has 1 aromatic carbocycles. The molecule has 0 spiro atoms. The minimum Gasteiger partial charge on any atom is -0.355 e. The second-order valence-corrected chi connectivity index (χ2v) is 5.42. The molecule has 3 heteroatoms. The van der Waals surface area contributed by atoms with Crippen LogP contribution in [0.25, 0.3) is 0 Å². The van der Waals surface area contributed by atoms with Gasteiger partial charge in [0.15, 0.2) is 0 Å². The summed E-state index contributed by atoms with van der Waals surface area (Å²) in [6.07, 6.45) is 2.77. The van der Waals surface area contributed by atoms with Crippen LogP contribution in [0, 0.1) is 19.3 Å². The SMILES string of the molecule is Cc1ccc(CCNC(=O)C2(CN)CC2)c(C)c1. The second-order valence-electron chi connectivity index (χ2n) is 5.42. The standard InChI is InChI=1S/C15H22N2O/c1-11-3-4-13(12(2)9-11)5-8-17-14(18)15(10-16)6-7-15/h3-4,9H,5-8,10,16H2,1-2H3,(H,17,18). The van der Waals surface area contributed by atoms with Crippen molar-refractivity contribution >= 4 is 5.91 Å². The number of benzene rings is 1. The molecule has 0 radical (unpaired) electrons. The van der Waals surface area contributed by atoms with Gasteiger partial charge in [0.1, 0.15) is 0 Å². The molecule has 3 N–H and O–H groups in total. The van der Waals surface area contributed by atoms with Crippen molar-refractivity contribution < 1.29 is 4.79 Å². The largest absolute Gasteiger partial charge is 0.355 e. The fourth-order valence-corrected chi connectivity index (χ4v) is 2.30. The molecule has 1 fully saturated rings. The lowest BCUT2D eigenvalue weighted by atomic mass is 10.0. The first-order valence-corrected chi connectivity index (χ1v) is 6.62. The fraction of sp³-hybridized carbons (Fsp3) is 0.533. The summed E-state index contributed by atoms with van der Waals surface area (Å²) in [5.41, 5.74) is 9.28. The lowest BCUT2D eigenvalue weighted by molar-refractivity contribution is -0.125. The fourth-order valence-electron chi connectivity index (χ4n) is 2.30. The number of carbonyl (C=O) groups excluding carboxylic acids is 1. The van der Waals surface area contributed by atoms with Gasteiger partial charge in [-0.05, 0) is 44.2 Å². The third-order valence-corrected chi connectivity index (χ3v) is 3.90. The Bertz CT molecular complexity index is 450. The Morgan fingerprint density at radius 3 is 2.67 bits per heavy atom. The molecular formula is C15H22N2O. The summed E-state index contributed by atoms with van der Waals surface area (Å²) < 4.78 is 0. The van der Waals surface area contributed by atoms with Crippen molar-refractivity contribution in [1.29, 1.82) is 0 Å². The quantitative estimate of drug-likeness (QED) is 0.831. The highest BCUT2D eigenvalue weighted by Gasteiger charge is 2.48. The van der Waals surface area contributed by atoms with Crippen molar-refractivity contribution in [3.8, 4) is 0 Å². The lowest BCUT2D eigenvalue weighted by Gasteiger charge is -2.13. The number of hydrogen-bond donors (Lipinski definition) is 2. The molecule has 1 aromatic rings. The van der Waals surface area contributed by atoms with Gasteiger partial charge in [-0.3, -0.25) is 4.79 Å². The molecule has 3 nitrogen and oxygen atoms in total. The highest BCUT2D eigenvalue weighted by atomic mass is 16.2. The van der Waals surface area contributed by atoms with Crippen LogP contribution < -0.4 is 11.1 Å².